The summed E-state index contributed by atoms with van der Waals surface area (Å²) in [5.41, 5.74) is 0. The number of rotatable bonds is 4. The number of anilines is 1. The fourth-order valence-corrected chi connectivity index (χ4v) is 1.38. The van der Waals surface area contributed by atoms with Crippen LogP contribution in [0.3, 0.4) is 0 Å². The summed E-state index contributed by atoms with van der Waals surface area (Å²) >= 11 is 3.26. The summed E-state index contributed by atoms with van der Waals surface area (Å²) in [7, 11) is 0. The SMILES string of the molecule is CC(O)CC(C)Nc1ncc(Br)cn1. The second-order valence-corrected chi connectivity index (χ2v) is 4.27. The Morgan fingerprint density at radius 3 is 2.50 bits per heavy atom. The number of nitrogens with one attached hydrogen (secondary N) is 1. The van der Waals surface area contributed by atoms with E-state index in [1.807, 2.05) is 6.92 Å². The highest BCUT2D eigenvalue weighted by molar-refractivity contribution is 9.10. The maximum atomic E-state index is 9.16. The molecule has 78 valence electrons. The van der Waals surface area contributed by atoms with Gasteiger partial charge >= 0.3 is 0 Å². The molecule has 2 N–H and O–H groups in total. The van der Waals surface area contributed by atoms with Crippen LogP contribution in [0, 0.1) is 0 Å². The van der Waals surface area contributed by atoms with Crippen LogP contribution in [-0.2, 0) is 0 Å². The maximum absolute atomic E-state index is 9.16. The molecule has 0 saturated carbocycles. The molecule has 14 heavy (non-hydrogen) atoms. The molecule has 2 unspecified atom stereocenters. The molecule has 1 heterocycles. The molecule has 0 bridgehead atoms. The van der Waals surface area contributed by atoms with Gasteiger partial charge in [0, 0.05) is 18.4 Å². The summed E-state index contributed by atoms with van der Waals surface area (Å²) in [6.07, 6.45) is 3.74. The second-order valence-electron chi connectivity index (χ2n) is 3.35. The van der Waals surface area contributed by atoms with Crippen LogP contribution < -0.4 is 5.32 Å². The smallest absolute Gasteiger partial charge is 0.222 e. The van der Waals surface area contributed by atoms with Gasteiger partial charge in [-0.2, -0.15) is 0 Å². The monoisotopic (exact) mass is 259 g/mol. The van der Waals surface area contributed by atoms with E-state index in [1.165, 1.54) is 0 Å². The van der Waals surface area contributed by atoms with Gasteiger partial charge in [0.05, 0.1) is 10.6 Å². The van der Waals surface area contributed by atoms with E-state index in [4.69, 9.17) is 5.11 Å². The molecule has 5 heteroatoms. The molecule has 2 atom stereocenters. The van der Waals surface area contributed by atoms with Crippen molar-refractivity contribution < 1.29 is 5.11 Å². The Bertz CT molecular complexity index is 276. The van der Waals surface area contributed by atoms with Gasteiger partial charge < -0.3 is 10.4 Å². The molecule has 4 nitrogen and oxygen atoms in total. The lowest BCUT2D eigenvalue weighted by Crippen LogP contribution is -2.21. The van der Waals surface area contributed by atoms with E-state index in [9.17, 15) is 0 Å². The topological polar surface area (TPSA) is 58.0 Å². The highest BCUT2D eigenvalue weighted by Crippen LogP contribution is 2.09. The summed E-state index contributed by atoms with van der Waals surface area (Å²) in [5, 5.41) is 12.3. The summed E-state index contributed by atoms with van der Waals surface area (Å²) < 4.78 is 0.853. The summed E-state index contributed by atoms with van der Waals surface area (Å²) in [6, 6.07) is 0.163. The highest BCUT2D eigenvalue weighted by Gasteiger charge is 2.06. The predicted molar refractivity (Wildman–Crippen MR) is 59.1 cm³/mol. The van der Waals surface area contributed by atoms with Crippen LogP contribution in [0.4, 0.5) is 5.95 Å². The van der Waals surface area contributed by atoms with Crippen LogP contribution in [0.1, 0.15) is 20.3 Å². The molecule has 0 aliphatic rings. The van der Waals surface area contributed by atoms with Gasteiger partial charge in [-0.25, -0.2) is 9.97 Å². The fraction of sp³-hybridized carbons (Fsp3) is 0.556. The third-order valence-corrected chi connectivity index (χ3v) is 2.10. The van der Waals surface area contributed by atoms with Crippen molar-refractivity contribution in [3.8, 4) is 0 Å². The van der Waals surface area contributed by atoms with Gasteiger partial charge in [-0.15, -0.1) is 0 Å². The molecule has 1 aromatic rings. The van der Waals surface area contributed by atoms with Gasteiger partial charge in [0.2, 0.25) is 5.95 Å². The van der Waals surface area contributed by atoms with Gasteiger partial charge in [0.25, 0.3) is 0 Å². The molecule has 1 aromatic heterocycles. The van der Waals surface area contributed by atoms with E-state index >= 15 is 0 Å². The zero-order chi connectivity index (χ0) is 10.6. The zero-order valence-corrected chi connectivity index (χ0v) is 9.82. The lowest BCUT2D eigenvalue weighted by Gasteiger charge is -2.14. The van der Waals surface area contributed by atoms with Gasteiger partial charge in [0.15, 0.2) is 0 Å². The van der Waals surface area contributed by atoms with E-state index in [2.05, 4.69) is 31.2 Å². The number of nitrogens with zero attached hydrogens (tertiary/aromatic N) is 2. The number of aliphatic hydroxyl groups is 1. The van der Waals surface area contributed by atoms with E-state index < -0.39 is 0 Å². The first-order chi connectivity index (χ1) is 6.58. The Kier molecular flexibility index (Phi) is 4.28. The standard InChI is InChI=1S/C9H14BrN3O/c1-6(3-7(2)14)13-9-11-4-8(10)5-12-9/h4-7,14H,3H2,1-2H3,(H,11,12,13). The van der Waals surface area contributed by atoms with Crippen LogP contribution in [0.25, 0.3) is 0 Å². The van der Waals surface area contributed by atoms with E-state index in [0.717, 1.165) is 4.47 Å². The molecule has 0 fully saturated rings. The van der Waals surface area contributed by atoms with E-state index in [1.54, 1.807) is 19.3 Å². The third kappa shape index (κ3) is 4.02. The number of hydrogen-bond acceptors (Lipinski definition) is 4. The van der Waals surface area contributed by atoms with Crippen molar-refractivity contribution in [2.24, 2.45) is 0 Å². The molecule has 0 amide bonds. The normalized spacial score (nSPS) is 14.9. The van der Waals surface area contributed by atoms with Crippen LogP contribution in [0.2, 0.25) is 0 Å². The minimum Gasteiger partial charge on any atom is -0.393 e. The van der Waals surface area contributed by atoms with Crippen LogP contribution in [0.5, 0.6) is 0 Å². The lowest BCUT2D eigenvalue weighted by molar-refractivity contribution is 0.179. The third-order valence-electron chi connectivity index (χ3n) is 1.69. The first-order valence-corrected chi connectivity index (χ1v) is 5.29. The fourth-order valence-electron chi connectivity index (χ4n) is 1.18. The predicted octanol–water partition coefficient (Wildman–Crippen LogP) is 1.81. The van der Waals surface area contributed by atoms with Crippen molar-refractivity contribution in [3.05, 3.63) is 16.9 Å². The molecule has 0 aliphatic carbocycles. The molecule has 0 radical (unpaired) electrons. The molecule has 0 saturated heterocycles. The Balaban J connectivity index is 2.47. The maximum Gasteiger partial charge on any atom is 0.222 e. The van der Waals surface area contributed by atoms with Gasteiger partial charge in [-0.1, -0.05) is 0 Å². The summed E-state index contributed by atoms with van der Waals surface area (Å²) in [4.78, 5) is 8.15. The van der Waals surface area contributed by atoms with Crippen molar-refractivity contribution in [2.45, 2.75) is 32.4 Å². The first-order valence-electron chi connectivity index (χ1n) is 4.50. The zero-order valence-electron chi connectivity index (χ0n) is 8.24. The quantitative estimate of drug-likeness (QED) is 0.866. The van der Waals surface area contributed by atoms with Crippen LogP contribution >= 0.6 is 15.9 Å². The van der Waals surface area contributed by atoms with Crippen LogP contribution in [0.15, 0.2) is 16.9 Å². The Morgan fingerprint density at radius 2 is 2.00 bits per heavy atom. The summed E-state index contributed by atoms with van der Waals surface area (Å²) in [6.45, 7) is 3.75. The van der Waals surface area contributed by atoms with Crippen molar-refractivity contribution >= 4 is 21.9 Å². The summed E-state index contributed by atoms with van der Waals surface area (Å²) in [5.74, 6) is 0.585. The van der Waals surface area contributed by atoms with Gasteiger partial charge in [-0.05, 0) is 36.2 Å². The largest absolute Gasteiger partial charge is 0.393 e. The minimum atomic E-state index is -0.312. The highest BCUT2D eigenvalue weighted by atomic mass is 79.9. The van der Waals surface area contributed by atoms with Gasteiger partial charge in [-0.3, -0.25) is 0 Å². The Morgan fingerprint density at radius 1 is 1.43 bits per heavy atom. The molecular weight excluding hydrogens is 246 g/mol. The van der Waals surface area contributed by atoms with Crippen molar-refractivity contribution in [1.82, 2.24) is 9.97 Å². The average molecular weight is 260 g/mol. The van der Waals surface area contributed by atoms with E-state index in [0.29, 0.717) is 12.4 Å². The molecule has 0 spiro atoms. The average Bonchev–Trinajstić information content (AvgIpc) is 2.07. The second kappa shape index (κ2) is 5.26. The molecule has 0 aliphatic heterocycles. The first kappa shape index (κ1) is 11.4. The van der Waals surface area contributed by atoms with Crippen molar-refractivity contribution in [2.75, 3.05) is 5.32 Å². The Labute approximate surface area is 91.9 Å². The molecular formula is C9H14BrN3O. The number of aromatic nitrogens is 2. The van der Waals surface area contributed by atoms with Crippen molar-refractivity contribution in [1.29, 1.82) is 0 Å². The number of halogens is 1. The number of hydrogen-bond donors (Lipinski definition) is 2. The minimum absolute atomic E-state index is 0.163. The van der Waals surface area contributed by atoms with Gasteiger partial charge in [0.1, 0.15) is 0 Å². The lowest BCUT2D eigenvalue weighted by atomic mass is 10.2. The Hall–Kier alpha value is -0.680. The number of aliphatic hydroxyl groups excluding tert-OH is 1. The van der Waals surface area contributed by atoms with Crippen LogP contribution in [-0.4, -0.2) is 27.2 Å². The molecule has 0 aromatic carbocycles. The van der Waals surface area contributed by atoms with Crippen molar-refractivity contribution in [3.63, 3.8) is 0 Å². The molecule has 1 rings (SSSR count). The van der Waals surface area contributed by atoms with E-state index in [-0.39, 0.29) is 12.1 Å².